The maximum atomic E-state index is 5.04. The summed E-state index contributed by atoms with van der Waals surface area (Å²) in [5.74, 6) is 1.91. The summed E-state index contributed by atoms with van der Waals surface area (Å²) in [4.78, 5) is 19.8. The lowest BCUT2D eigenvalue weighted by atomic mass is 10.1. The number of fused-ring (bicyclic) bond motifs is 6. The van der Waals surface area contributed by atoms with E-state index in [0.29, 0.717) is 17.5 Å². The minimum Gasteiger partial charge on any atom is -0.309 e. The van der Waals surface area contributed by atoms with Gasteiger partial charge in [-0.25, -0.2) is 19.9 Å². The molecule has 4 aromatic heterocycles. The Balaban J connectivity index is 1.24. The number of hydrogen-bond acceptors (Lipinski definition) is 4. The molecule has 0 amide bonds. The lowest BCUT2D eigenvalue weighted by molar-refractivity contribution is 1.07. The van der Waals surface area contributed by atoms with Crippen LogP contribution in [0.4, 0.5) is 0 Å². The molecule has 0 aliphatic carbocycles. The van der Waals surface area contributed by atoms with Gasteiger partial charge in [-0.3, -0.25) is 4.57 Å². The topological polar surface area (TPSA) is 61.4 Å². The van der Waals surface area contributed by atoms with Crippen molar-refractivity contribution in [3.63, 3.8) is 0 Å². The molecule has 0 saturated carbocycles. The van der Waals surface area contributed by atoms with Crippen LogP contribution in [0.25, 0.3) is 89.3 Å². The van der Waals surface area contributed by atoms with Crippen LogP contribution >= 0.6 is 0 Å². The average molecular weight is 641 g/mol. The molecule has 0 aliphatic heterocycles. The summed E-state index contributed by atoms with van der Waals surface area (Å²) >= 11 is 0. The van der Waals surface area contributed by atoms with Crippen LogP contribution in [-0.4, -0.2) is 29.1 Å². The van der Waals surface area contributed by atoms with Crippen molar-refractivity contribution >= 4 is 43.7 Å². The van der Waals surface area contributed by atoms with Crippen LogP contribution in [0.2, 0.25) is 0 Å². The van der Waals surface area contributed by atoms with Crippen molar-refractivity contribution in [2.75, 3.05) is 0 Å². The Kier molecular flexibility index (Phi) is 6.39. The van der Waals surface area contributed by atoms with Gasteiger partial charge in [-0.2, -0.15) is 0 Å². The Bertz CT molecular complexity index is 2740. The molecule has 10 rings (SSSR count). The summed E-state index contributed by atoms with van der Waals surface area (Å²) < 4.78 is 4.60. The number of aromatic nitrogens is 6. The van der Waals surface area contributed by atoms with Gasteiger partial charge in [0, 0.05) is 55.8 Å². The van der Waals surface area contributed by atoms with E-state index in [1.54, 1.807) is 0 Å². The van der Waals surface area contributed by atoms with E-state index in [1.165, 1.54) is 5.39 Å². The molecule has 6 heteroatoms. The summed E-state index contributed by atoms with van der Waals surface area (Å²) in [6, 6.07) is 56.7. The molecular weight excluding hydrogens is 613 g/mol. The molecule has 0 N–H and O–H groups in total. The first-order valence-electron chi connectivity index (χ1n) is 16.7. The zero-order valence-corrected chi connectivity index (χ0v) is 26.8. The van der Waals surface area contributed by atoms with Gasteiger partial charge >= 0.3 is 0 Å². The highest BCUT2D eigenvalue weighted by atomic mass is 15.1. The maximum absolute atomic E-state index is 5.04. The van der Waals surface area contributed by atoms with Crippen molar-refractivity contribution in [3.8, 4) is 45.5 Å². The second kappa shape index (κ2) is 11.4. The highest BCUT2D eigenvalue weighted by molar-refractivity contribution is 6.12. The molecule has 0 spiro atoms. The molecule has 0 radical (unpaired) electrons. The summed E-state index contributed by atoms with van der Waals surface area (Å²) in [5.41, 5.74) is 9.25. The van der Waals surface area contributed by atoms with Gasteiger partial charge in [0.05, 0.1) is 16.6 Å². The molecular formula is C44H28N6. The number of pyridine rings is 1. The normalized spacial score (nSPS) is 11.6. The summed E-state index contributed by atoms with van der Waals surface area (Å²) in [5, 5.41) is 4.56. The fourth-order valence-corrected chi connectivity index (χ4v) is 7.14. The highest BCUT2D eigenvalue weighted by Crippen LogP contribution is 2.38. The van der Waals surface area contributed by atoms with Gasteiger partial charge in [-0.05, 0) is 66.7 Å². The number of para-hydroxylation sites is 2. The molecule has 6 nitrogen and oxygen atoms in total. The second-order valence-corrected chi connectivity index (χ2v) is 12.4. The smallest absolute Gasteiger partial charge is 0.164 e. The van der Waals surface area contributed by atoms with E-state index in [2.05, 4.69) is 106 Å². The maximum Gasteiger partial charge on any atom is 0.164 e. The molecule has 0 aliphatic rings. The molecule has 6 aromatic carbocycles. The van der Waals surface area contributed by atoms with Crippen LogP contribution in [0, 0.1) is 0 Å². The molecule has 4 heterocycles. The van der Waals surface area contributed by atoms with E-state index in [9.17, 15) is 0 Å². The Morgan fingerprint density at radius 3 is 1.58 bits per heavy atom. The lowest BCUT2D eigenvalue weighted by Gasteiger charge is -2.10. The van der Waals surface area contributed by atoms with Crippen molar-refractivity contribution in [1.82, 2.24) is 29.1 Å². The second-order valence-electron chi connectivity index (χ2n) is 12.4. The molecule has 0 atom stereocenters. The highest BCUT2D eigenvalue weighted by Gasteiger charge is 2.19. The third-order valence-electron chi connectivity index (χ3n) is 9.41. The largest absolute Gasteiger partial charge is 0.309 e. The summed E-state index contributed by atoms with van der Waals surface area (Å²) in [7, 11) is 0. The van der Waals surface area contributed by atoms with Crippen LogP contribution in [0.3, 0.4) is 0 Å². The Labute approximate surface area is 287 Å². The van der Waals surface area contributed by atoms with Gasteiger partial charge in [0.25, 0.3) is 0 Å². The van der Waals surface area contributed by atoms with Crippen LogP contribution in [0.15, 0.2) is 170 Å². The zero-order chi connectivity index (χ0) is 33.0. The van der Waals surface area contributed by atoms with Crippen LogP contribution in [0.1, 0.15) is 0 Å². The van der Waals surface area contributed by atoms with E-state index in [4.69, 9.17) is 19.9 Å². The zero-order valence-electron chi connectivity index (χ0n) is 26.8. The van der Waals surface area contributed by atoms with E-state index >= 15 is 0 Å². The lowest BCUT2D eigenvalue weighted by Crippen LogP contribution is -2.00. The van der Waals surface area contributed by atoms with Gasteiger partial charge in [0.2, 0.25) is 0 Å². The van der Waals surface area contributed by atoms with Crippen molar-refractivity contribution in [2.24, 2.45) is 0 Å². The van der Waals surface area contributed by atoms with Gasteiger partial charge < -0.3 is 4.57 Å². The first kappa shape index (κ1) is 28.1. The van der Waals surface area contributed by atoms with E-state index < -0.39 is 0 Å². The van der Waals surface area contributed by atoms with Gasteiger partial charge in [-0.1, -0.05) is 97.1 Å². The molecule has 10 aromatic rings. The van der Waals surface area contributed by atoms with Gasteiger partial charge in [0.1, 0.15) is 5.65 Å². The minimum atomic E-state index is 0.628. The molecule has 0 bridgehead atoms. The van der Waals surface area contributed by atoms with Gasteiger partial charge in [-0.15, -0.1) is 0 Å². The Morgan fingerprint density at radius 1 is 0.340 bits per heavy atom. The van der Waals surface area contributed by atoms with Crippen molar-refractivity contribution in [1.29, 1.82) is 0 Å². The number of rotatable bonds is 5. The Morgan fingerprint density at radius 2 is 0.880 bits per heavy atom. The third kappa shape index (κ3) is 4.50. The van der Waals surface area contributed by atoms with Crippen LogP contribution in [-0.2, 0) is 0 Å². The first-order valence-corrected chi connectivity index (χ1v) is 16.7. The summed E-state index contributed by atoms with van der Waals surface area (Å²) in [6.45, 7) is 0. The standard InChI is InChI=1S/C44H28N6/c1-4-13-29(14-5-1)41-46-42(30-15-6-2-7-16-30)48-43(47-41)31-22-24-39-36(27-31)37-28-33(23-25-40(37)49(39)32-17-8-3-9-18-32)50-38-21-11-10-19-34(38)35-20-12-26-45-44(35)50/h1-28H. The average Bonchev–Trinajstić information content (AvgIpc) is 3.71. The van der Waals surface area contributed by atoms with Gasteiger partial charge in [0.15, 0.2) is 17.5 Å². The SMILES string of the molecule is c1ccc(-c2nc(-c3ccccc3)nc(-c3ccc4c(c3)c3cc(-n5c6ccccc6c6cccnc65)ccc3n4-c3ccccc3)n2)cc1. The fourth-order valence-electron chi connectivity index (χ4n) is 7.14. The van der Waals surface area contributed by atoms with Crippen molar-refractivity contribution in [3.05, 3.63) is 170 Å². The predicted octanol–water partition coefficient (Wildman–Crippen LogP) is 10.5. The quantitative estimate of drug-likeness (QED) is 0.188. The van der Waals surface area contributed by atoms with Crippen LogP contribution < -0.4 is 0 Å². The van der Waals surface area contributed by atoms with Crippen molar-refractivity contribution < 1.29 is 0 Å². The van der Waals surface area contributed by atoms with Crippen molar-refractivity contribution in [2.45, 2.75) is 0 Å². The molecule has 0 fully saturated rings. The predicted molar refractivity (Wildman–Crippen MR) is 203 cm³/mol. The fraction of sp³-hybridized carbons (Fsp3) is 0. The summed E-state index contributed by atoms with van der Waals surface area (Å²) in [6.07, 6.45) is 1.87. The number of nitrogens with zero attached hydrogens (tertiary/aromatic N) is 6. The number of hydrogen-bond donors (Lipinski definition) is 0. The monoisotopic (exact) mass is 640 g/mol. The Hall–Kier alpha value is -6.92. The third-order valence-corrected chi connectivity index (χ3v) is 9.41. The molecule has 50 heavy (non-hydrogen) atoms. The molecule has 0 unspecified atom stereocenters. The number of benzene rings is 6. The minimum absolute atomic E-state index is 0.628. The van der Waals surface area contributed by atoms with E-state index in [1.807, 2.05) is 72.9 Å². The van der Waals surface area contributed by atoms with Crippen LogP contribution in [0.5, 0.6) is 0 Å². The molecule has 0 saturated heterocycles. The van der Waals surface area contributed by atoms with E-state index in [-0.39, 0.29) is 0 Å². The molecule has 234 valence electrons. The first-order chi connectivity index (χ1) is 24.8. The van der Waals surface area contributed by atoms with E-state index in [0.717, 1.165) is 66.4 Å².